The number of rotatable bonds is 7. The van der Waals surface area contributed by atoms with Gasteiger partial charge in [-0.05, 0) is 29.7 Å². The van der Waals surface area contributed by atoms with E-state index in [2.05, 4.69) is 22.4 Å². The summed E-state index contributed by atoms with van der Waals surface area (Å²) >= 11 is 0. The molecule has 0 aliphatic heterocycles. The number of carboxylic acid groups (broad SMARTS) is 1. The Morgan fingerprint density at radius 3 is 2.82 bits per heavy atom. The molecule has 0 amide bonds. The maximum atomic E-state index is 11.1. The number of hydrogen-bond acceptors (Lipinski definition) is 4. The molecule has 1 aliphatic rings. The number of carbonyl (C=O) groups is 1. The quantitative estimate of drug-likeness (QED) is 0.723. The number of hydrogen-bond donors (Lipinski definition) is 1. The van der Waals surface area contributed by atoms with Crippen LogP contribution in [0.4, 0.5) is 0 Å². The fraction of sp³-hybridized carbons (Fsp3) is 0.818. The standard InChI is InChI=1S/C11H18N4O2/c1-2-3-4-5-9-12-13-14-15(9)8-11(6-7-11)10(16)17/h2-8H2,1H3,(H,16,17). The molecule has 1 aromatic rings. The Hall–Kier alpha value is -1.46. The van der Waals surface area contributed by atoms with Crippen molar-refractivity contribution < 1.29 is 9.90 Å². The Kier molecular flexibility index (Phi) is 3.40. The number of carboxylic acids is 1. The molecule has 0 spiro atoms. The molecule has 6 heteroatoms. The largest absolute Gasteiger partial charge is 0.481 e. The summed E-state index contributed by atoms with van der Waals surface area (Å²) in [5, 5.41) is 20.6. The molecule has 1 aliphatic carbocycles. The van der Waals surface area contributed by atoms with Crippen molar-refractivity contribution in [2.24, 2.45) is 5.41 Å². The number of aromatic nitrogens is 4. The summed E-state index contributed by atoms with van der Waals surface area (Å²) in [7, 11) is 0. The van der Waals surface area contributed by atoms with E-state index >= 15 is 0 Å². The van der Waals surface area contributed by atoms with Crippen molar-refractivity contribution in [1.82, 2.24) is 20.2 Å². The third kappa shape index (κ3) is 2.62. The molecule has 2 rings (SSSR count). The van der Waals surface area contributed by atoms with Gasteiger partial charge in [0.1, 0.15) is 0 Å². The zero-order valence-corrected chi connectivity index (χ0v) is 10.1. The highest BCUT2D eigenvalue weighted by Gasteiger charge is 2.51. The molecule has 0 bridgehead atoms. The molecule has 0 radical (unpaired) electrons. The van der Waals surface area contributed by atoms with Gasteiger partial charge in [0.05, 0.1) is 12.0 Å². The van der Waals surface area contributed by atoms with E-state index in [-0.39, 0.29) is 0 Å². The smallest absolute Gasteiger partial charge is 0.311 e. The molecule has 1 fully saturated rings. The molecule has 0 saturated heterocycles. The zero-order valence-electron chi connectivity index (χ0n) is 10.1. The normalized spacial score (nSPS) is 17.0. The number of aryl methyl sites for hydroxylation is 1. The summed E-state index contributed by atoms with van der Waals surface area (Å²) in [5.41, 5.74) is -0.602. The van der Waals surface area contributed by atoms with Crippen molar-refractivity contribution >= 4 is 5.97 Å². The third-order valence-electron chi connectivity index (χ3n) is 3.37. The van der Waals surface area contributed by atoms with Gasteiger partial charge in [0.15, 0.2) is 5.82 Å². The molecular formula is C11H18N4O2. The molecule has 6 nitrogen and oxygen atoms in total. The van der Waals surface area contributed by atoms with Gasteiger partial charge in [-0.2, -0.15) is 0 Å². The van der Waals surface area contributed by atoms with Crippen LogP contribution in [0.15, 0.2) is 0 Å². The number of nitrogens with zero attached hydrogens (tertiary/aromatic N) is 4. The summed E-state index contributed by atoms with van der Waals surface area (Å²) < 4.78 is 1.66. The van der Waals surface area contributed by atoms with Crippen LogP contribution in [0.1, 0.15) is 44.9 Å². The Morgan fingerprint density at radius 2 is 2.24 bits per heavy atom. The van der Waals surface area contributed by atoms with Crippen LogP contribution >= 0.6 is 0 Å². The van der Waals surface area contributed by atoms with E-state index in [1.54, 1.807) is 4.68 Å². The molecular weight excluding hydrogens is 220 g/mol. The lowest BCUT2D eigenvalue weighted by atomic mass is 10.1. The van der Waals surface area contributed by atoms with E-state index < -0.39 is 11.4 Å². The summed E-state index contributed by atoms with van der Waals surface area (Å²) in [6.07, 6.45) is 5.65. The summed E-state index contributed by atoms with van der Waals surface area (Å²) in [5.74, 6) is 0.0819. The molecule has 0 atom stereocenters. The molecule has 17 heavy (non-hydrogen) atoms. The van der Waals surface area contributed by atoms with Gasteiger partial charge in [0.2, 0.25) is 0 Å². The molecule has 1 N–H and O–H groups in total. The van der Waals surface area contributed by atoms with Gasteiger partial charge in [-0.1, -0.05) is 19.8 Å². The summed E-state index contributed by atoms with van der Waals surface area (Å²) in [4.78, 5) is 11.1. The second kappa shape index (κ2) is 4.81. The van der Waals surface area contributed by atoms with Gasteiger partial charge in [-0.25, -0.2) is 4.68 Å². The fourth-order valence-electron chi connectivity index (χ4n) is 1.94. The summed E-state index contributed by atoms with van der Waals surface area (Å²) in [6, 6.07) is 0. The number of tetrazole rings is 1. The van der Waals surface area contributed by atoms with E-state index in [0.717, 1.165) is 44.3 Å². The number of unbranched alkanes of at least 4 members (excludes halogenated alkanes) is 2. The van der Waals surface area contributed by atoms with Crippen molar-refractivity contribution in [3.05, 3.63) is 5.82 Å². The van der Waals surface area contributed by atoms with E-state index in [4.69, 9.17) is 5.11 Å². The predicted octanol–water partition coefficient (Wildman–Crippen LogP) is 1.27. The first-order chi connectivity index (χ1) is 8.18. The van der Waals surface area contributed by atoms with Crippen molar-refractivity contribution in [2.45, 2.75) is 52.0 Å². The van der Waals surface area contributed by atoms with Crippen molar-refractivity contribution in [3.8, 4) is 0 Å². The lowest BCUT2D eigenvalue weighted by molar-refractivity contribution is -0.144. The SMILES string of the molecule is CCCCCc1nnnn1CC1(C(=O)O)CC1. The minimum Gasteiger partial charge on any atom is -0.481 e. The third-order valence-corrected chi connectivity index (χ3v) is 3.37. The number of aliphatic carboxylic acids is 1. The van der Waals surface area contributed by atoms with Gasteiger partial charge in [0.25, 0.3) is 0 Å². The summed E-state index contributed by atoms with van der Waals surface area (Å²) in [6.45, 7) is 2.56. The van der Waals surface area contributed by atoms with Crippen LogP contribution < -0.4 is 0 Å². The highest BCUT2D eigenvalue weighted by Crippen LogP contribution is 2.47. The molecule has 0 unspecified atom stereocenters. The average molecular weight is 238 g/mol. The molecule has 94 valence electrons. The average Bonchev–Trinajstić information content (AvgIpc) is 2.95. The highest BCUT2D eigenvalue weighted by atomic mass is 16.4. The van der Waals surface area contributed by atoms with Crippen molar-refractivity contribution in [3.63, 3.8) is 0 Å². The van der Waals surface area contributed by atoms with Gasteiger partial charge >= 0.3 is 5.97 Å². The Balaban J connectivity index is 1.97. The second-order valence-corrected chi connectivity index (χ2v) is 4.80. The van der Waals surface area contributed by atoms with Crippen LogP contribution in [0, 0.1) is 5.41 Å². The molecule has 0 aromatic carbocycles. The maximum absolute atomic E-state index is 11.1. The van der Waals surface area contributed by atoms with E-state index in [0.29, 0.717) is 6.54 Å². The van der Waals surface area contributed by atoms with Gasteiger partial charge in [-0.3, -0.25) is 4.79 Å². The lowest BCUT2D eigenvalue weighted by Crippen LogP contribution is -2.23. The van der Waals surface area contributed by atoms with Crippen LogP contribution in [-0.4, -0.2) is 31.3 Å². The minimum atomic E-state index is -0.729. The van der Waals surface area contributed by atoms with Crippen molar-refractivity contribution in [1.29, 1.82) is 0 Å². The highest BCUT2D eigenvalue weighted by molar-refractivity contribution is 5.77. The Morgan fingerprint density at radius 1 is 1.47 bits per heavy atom. The Bertz CT molecular complexity index is 398. The van der Waals surface area contributed by atoms with E-state index in [1.165, 1.54) is 0 Å². The first-order valence-corrected chi connectivity index (χ1v) is 6.16. The first kappa shape index (κ1) is 12.0. The van der Waals surface area contributed by atoms with Crippen LogP contribution in [0.25, 0.3) is 0 Å². The fourth-order valence-corrected chi connectivity index (χ4v) is 1.94. The van der Waals surface area contributed by atoms with Crippen LogP contribution in [0.5, 0.6) is 0 Å². The van der Waals surface area contributed by atoms with E-state index in [9.17, 15) is 4.79 Å². The minimum absolute atomic E-state index is 0.413. The first-order valence-electron chi connectivity index (χ1n) is 6.16. The molecule has 1 aromatic heterocycles. The van der Waals surface area contributed by atoms with Crippen LogP contribution in [0.2, 0.25) is 0 Å². The zero-order chi connectivity index (χ0) is 12.3. The predicted molar refractivity (Wildman–Crippen MR) is 60.3 cm³/mol. The van der Waals surface area contributed by atoms with E-state index in [1.807, 2.05) is 0 Å². The van der Waals surface area contributed by atoms with Crippen LogP contribution in [-0.2, 0) is 17.8 Å². The second-order valence-electron chi connectivity index (χ2n) is 4.80. The Labute approximate surface area is 100 Å². The monoisotopic (exact) mass is 238 g/mol. The molecule has 1 heterocycles. The van der Waals surface area contributed by atoms with Crippen molar-refractivity contribution in [2.75, 3.05) is 0 Å². The molecule has 1 saturated carbocycles. The van der Waals surface area contributed by atoms with Gasteiger partial charge in [0, 0.05) is 6.42 Å². The topological polar surface area (TPSA) is 80.9 Å². The van der Waals surface area contributed by atoms with Gasteiger partial charge < -0.3 is 5.11 Å². The van der Waals surface area contributed by atoms with Crippen LogP contribution in [0.3, 0.4) is 0 Å². The lowest BCUT2D eigenvalue weighted by Gasteiger charge is -2.10. The van der Waals surface area contributed by atoms with Gasteiger partial charge in [-0.15, -0.1) is 5.10 Å². The maximum Gasteiger partial charge on any atom is 0.311 e.